The standard InChI is InChI=1S/C19H22F3N3O3/c1-11-7-8-12(10-13(11)19(20,21)22)15-23-16(28-24-15)14-6-5-9-25(14)17(26)27-18(2,3)4/h7-8,10,14H,5-6,9H2,1-4H3/t14-/m0/s1. The van der Waals surface area contributed by atoms with Gasteiger partial charge in [0.05, 0.1) is 5.56 Å². The summed E-state index contributed by atoms with van der Waals surface area (Å²) in [5.41, 5.74) is -1.06. The van der Waals surface area contributed by atoms with E-state index in [1.54, 1.807) is 20.8 Å². The highest BCUT2D eigenvalue weighted by Crippen LogP contribution is 2.36. The van der Waals surface area contributed by atoms with Crippen LogP contribution in [0.15, 0.2) is 22.7 Å². The fraction of sp³-hybridized carbons (Fsp3) is 0.526. The first-order valence-corrected chi connectivity index (χ1v) is 8.97. The van der Waals surface area contributed by atoms with Gasteiger partial charge in [-0.15, -0.1) is 0 Å². The number of carbonyl (C=O) groups excluding carboxylic acids is 1. The van der Waals surface area contributed by atoms with Gasteiger partial charge in [-0.2, -0.15) is 18.2 Å². The van der Waals surface area contributed by atoms with Crippen molar-refractivity contribution in [3.63, 3.8) is 0 Å². The maximum Gasteiger partial charge on any atom is 0.416 e. The number of rotatable bonds is 2. The number of nitrogens with zero attached hydrogens (tertiary/aromatic N) is 3. The molecular weight excluding hydrogens is 375 g/mol. The Balaban J connectivity index is 1.85. The topological polar surface area (TPSA) is 68.5 Å². The van der Waals surface area contributed by atoms with Crippen LogP contribution in [-0.2, 0) is 10.9 Å². The van der Waals surface area contributed by atoms with Crippen LogP contribution in [0.1, 0.15) is 56.7 Å². The zero-order valence-electron chi connectivity index (χ0n) is 16.1. The Morgan fingerprint density at radius 1 is 1.29 bits per heavy atom. The van der Waals surface area contributed by atoms with Gasteiger partial charge in [-0.3, -0.25) is 4.90 Å². The number of hydrogen-bond donors (Lipinski definition) is 0. The highest BCUT2D eigenvalue weighted by Gasteiger charge is 2.37. The van der Waals surface area contributed by atoms with E-state index in [0.29, 0.717) is 13.0 Å². The number of carbonyl (C=O) groups is 1. The van der Waals surface area contributed by atoms with E-state index in [4.69, 9.17) is 9.26 Å². The third kappa shape index (κ3) is 4.28. The minimum atomic E-state index is -4.47. The quantitative estimate of drug-likeness (QED) is 0.702. The third-order valence-corrected chi connectivity index (χ3v) is 4.41. The van der Waals surface area contributed by atoms with Crippen LogP contribution in [0, 0.1) is 6.92 Å². The van der Waals surface area contributed by atoms with Crippen LogP contribution in [0.3, 0.4) is 0 Å². The van der Waals surface area contributed by atoms with Crippen LogP contribution < -0.4 is 0 Å². The number of aryl methyl sites for hydroxylation is 1. The molecule has 1 fully saturated rings. The number of aromatic nitrogens is 2. The molecule has 6 nitrogen and oxygen atoms in total. The average Bonchev–Trinajstić information content (AvgIpc) is 3.21. The Labute approximate surface area is 160 Å². The van der Waals surface area contributed by atoms with Crippen molar-refractivity contribution in [3.8, 4) is 11.4 Å². The van der Waals surface area contributed by atoms with Crippen molar-refractivity contribution in [1.29, 1.82) is 0 Å². The molecule has 0 unspecified atom stereocenters. The normalized spacial score (nSPS) is 17.8. The van der Waals surface area contributed by atoms with Gasteiger partial charge < -0.3 is 9.26 Å². The average molecular weight is 397 g/mol. The third-order valence-electron chi connectivity index (χ3n) is 4.41. The van der Waals surface area contributed by atoms with Gasteiger partial charge in [0.25, 0.3) is 0 Å². The molecule has 1 amide bonds. The van der Waals surface area contributed by atoms with E-state index in [9.17, 15) is 18.0 Å². The number of hydrogen-bond acceptors (Lipinski definition) is 5. The second-order valence-corrected chi connectivity index (χ2v) is 7.82. The number of ether oxygens (including phenoxy) is 1. The molecule has 152 valence electrons. The van der Waals surface area contributed by atoms with Crippen LogP contribution in [0.4, 0.5) is 18.0 Å². The summed E-state index contributed by atoms with van der Waals surface area (Å²) in [7, 11) is 0. The first-order chi connectivity index (χ1) is 13.0. The molecule has 0 aliphatic carbocycles. The molecule has 2 aromatic rings. The fourth-order valence-electron chi connectivity index (χ4n) is 3.12. The van der Waals surface area contributed by atoms with Crippen molar-refractivity contribution in [3.05, 3.63) is 35.2 Å². The lowest BCUT2D eigenvalue weighted by molar-refractivity contribution is -0.138. The van der Waals surface area contributed by atoms with E-state index in [0.717, 1.165) is 12.5 Å². The van der Waals surface area contributed by atoms with Crippen molar-refractivity contribution in [2.45, 2.75) is 58.4 Å². The Morgan fingerprint density at radius 2 is 2.00 bits per heavy atom. The molecule has 1 aromatic heterocycles. The lowest BCUT2D eigenvalue weighted by Gasteiger charge is -2.26. The van der Waals surface area contributed by atoms with E-state index in [1.165, 1.54) is 24.0 Å². The summed E-state index contributed by atoms with van der Waals surface area (Å²) in [5, 5.41) is 3.82. The van der Waals surface area contributed by atoms with Crippen molar-refractivity contribution < 1.29 is 27.2 Å². The van der Waals surface area contributed by atoms with Crippen molar-refractivity contribution in [1.82, 2.24) is 15.0 Å². The summed E-state index contributed by atoms with van der Waals surface area (Å²) >= 11 is 0. The van der Waals surface area contributed by atoms with Gasteiger partial charge in [0.2, 0.25) is 11.7 Å². The number of alkyl halides is 3. The minimum Gasteiger partial charge on any atom is -0.444 e. The zero-order valence-corrected chi connectivity index (χ0v) is 16.1. The van der Waals surface area contributed by atoms with Crippen LogP contribution >= 0.6 is 0 Å². The molecule has 2 heterocycles. The Hall–Kier alpha value is -2.58. The van der Waals surface area contributed by atoms with E-state index in [2.05, 4.69) is 10.1 Å². The molecule has 3 rings (SSSR count). The van der Waals surface area contributed by atoms with Gasteiger partial charge in [-0.1, -0.05) is 17.3 Å². The van der Waals surface area contributed by atoms with Gasteiger partial charge in [-0.25, -0.2) is 4.79 Å². The second kappa shape index (κ2) is 7.10. The first kappa shape index (κ1) is 20.2. The Bertz CT molecular complexity index is 871. The first-order valence-electron chi connectivity index (χ1n) is 8.97. The molecule has 0 radical (unpaired) electrons. The van der Waals surface area contributed by atoms with Gasteiger partial charge in [0.15, 0.2) is 0 Å². The monoisotopic (exact) mass is 397 g/mol. The molecule has 0 N–H and O–H groups in total. The van der Waals surface area contributed by atoms with Crippen molar-refractivity contribution >= 4 is 6.09 Å². The summed E-state index contributed by atoms with van der Waals surface area (Å²) in [6.07, 6.45) is -3.59. The number of likely N-dealkylation sites (tertiary alicyclic amines) is 1. The van der Waals surface area contributed by atoms with Crippen LogP contribution in [-0.4, -0.2) is 33.3 Å². The highest BCUT2D eigenvalue weighted by atomic mass is 19.4. The van der Waals surface area contributed by atoms with Gasteiger partial charge in [-0.05, 0) is 52.2 Å². The van der Waals surface area contributed by atoms with Gasteiger partial charge in [0.1, 0.15) is 11.6 Å². The fourth-order valence-corrected chi connectivity index (χ4v) is 3.12. The van der Waals surface area contributed by atoms with Crippen LogP contribution in [0.25, 0.3) is 11.4 Å². The molecule has 1 aromatic carbocycles. The molecule has 0 saturated carbocycles. The SMILES string of the molecule is Cc1ccc(-c2noc([C@@H]3CCCN3C(=O)OC(C)(C)C)n2)cc1C(F)(F)F. The maximum absolute atomic E-state index is 13.1. The van der Waals surface area contributed by atoms with Crippen LogP contribution in [0.5, 0.6) is 0 Å². The van der Waals surface area contributed by atoms with Gasteiger partial charge >= 0.3 is 12.3 Å². The van der Waals surface area contributed by atoms with E-state index < -0.39 is 29.5 Å². The molecule has 1 saturated heterocycles. The summed E-state index contributed by atoms with van der Waals surface area (Å²) in [6.45, 7) is 7.20. The van der Waals surface area contributed by atoms with E-state index >= 15 is 0 Å². The maximum atomic E-state index is 13.1. The molecule has 1 atom stereocenters. The molecular formula is C19H22F3N3O3. The highest BCUT2D eigenvalue weighted by molar-refractivity contribution is 5.69. The zero-order chi connectivity index (χ0) is 20.7. The van der Waals surface area contributed by atoms with Crippen LogP contribution in [0.2, 0.25) is 0 Å². The summed E-state index contributed by atoms with van der Waals surface area (Å²) < 4.78 is 50.1. The molecule has 1 aliphatic heterocycles. The summed E-state index contributed by atoms with van der Waals surface area (Å²) in [5.74, 6) is 0.240. The Morgan fingerprint density at radius 3 is 2.64 bits per heavy atom. The number of halogens is 3. The second-order valence-electron chi connectivity index (χ2n) is 7.82. The molecule has 28 heavy (non-hydrogen) atoms. The number of amides is 1. The minimum absolute atomic E-state index is 0.0524. The van der Waals surface area contributed by atoms with Crippen molar-refractivity contribution in [2.75, 3.05) is 6.54 Å². The lowest BCUT2D eigenvalue weighted by atomic mass is 10.0. The largest absolute Gasteiger partial charge is 0.444 e. The Kier molecular flexibility index (Phi) is 5.12. The van der Waals surface area contributed by atoms with E-state index in [1.807, 2.05) is 0 Å². The lowest BCUT2D eigenvalue weighted by Crippen LogP contribution is -2.36. The van der Waals surface area contributed by atoms with Gasteiger partial charge in [0, 0.05) is 12.1 Å². The van der Waals surface area contributed by atoms with E-state index in [-0.39, 0.29) is 22.8 Å². The molecule has 0 bridgehead atoms. The summed E-state index contributed by atoms with van der Waals surface area (Å²) in [4.78, 5) is 18.2. The molecule has 0 spiro atoms. The molecule has 1 aliphatic rings. The van der Waals surface area contributed by atoms with Crippen molar-refractivity contribution in [2.24, 2.45) is 0 Å². The molecule has 9 heteroatoms. The summed E-state index contributed by atoms with van der Waals surface area (Å²) in [6, 6.07) is 3.43. The predicted octanol–water partition coefficient (Wildman–Crippen LogP) is 5.14. The number of benzene rings is 1. The smallest absolute Gasteiger partial charge is 0.416 e. The predicted molar refractivity (Wildman–Crippen MR) is 94.4 cm³/mol.